The van der Waals surface area contributed by atoms with Gasteiger partial charge in [-0.15, -0.1) is 0 Å². The van der Waals surface area contributed by atoms with Crippen molar-refractivity contribution in [2.45, 2.75) is 25.2 Å². The van der Waals surface area contributed by atoms with Gasteiger partial charge < -0.3 is 5.32 Å². The molecule has 152 valence electrons. The molecular formula is C20H28N4O3S. The molecule has 0 aliphatic carbocycles. The maximum Gasteiger partial charge on any atom is 0.243 e. The number of anilines is 1. The molecule has 0 saturated carbocycles. The summed E-state index contributed by atoms with van der Waals surface area (Å²) < 4.78 is 26.6. The number of pyridine rings is 1. The van der Waals surface area contributed by atoms with E-state index in [1.54, 1.807) is 38.2 Å². The largest absolute Gasteiger partial charge is 0.325 e. The summed E-state index contributed by atoms with van der Waals surface area (Å²) in [5, 5.41) is 2.78. The fourth-order valence-corrected chi connectivity index (χ4v) is 4.33. The molecule has 28 heavy (non-hydrogen) atoms. The standard InChI is InChI=1S/C20H28N4O3S/c1-4-24(5-2)28(26,27)19-11-8-10-18(15-19)22-20(25)16-23(3)14-12-17-9-6-7-13-21-17/h6-11,13,15H,4-5,12,14,16H2,1-3H3,(H,22,25). The molecule has 8 heteroatoms. The Morgan fingerprint density at radius 2 is 1.86 bits per heavy atom. The van der Waals surface area contributed by atoms with E-state index in [2.05, 4.69) is 10.3 Å². The van der Waals surface area contributed by atoms with E-state index in [1.807, 2.05) is 30.1 Å². The number of amides is 1. The highest BCUT2D eigenvalue weighted by Gasteiger charge is 2.21. The molecule has 2 aromatic rings. The average Bonchev–Trinajstić information content (AvgIpc) is 2.68. The van der Waals surface area contributed by atoms with Crippen molar-refractivity contribution < 1.29 is 13.2 Å². The summed E-state index contributed by atoms with van der Waals surface area (Å²) in [7, 11) is -1.69. The second kappa shape index (κ2) is 10.3. The predicted molar refractivity (Wildman–Crippen MR) is 111 cm³/mol. The normalized spacial score (nSPS) is 11.8. The van der Waals surface area contributed by atoms with Crippen molar-refractivity contribution >= 4 is 21.6 Å². The molecule has 1 aromatic carbocycles. The lowest BCUT2D eigenvalue weighted by Gasteiger charge is -2.19. The summed E-state index contributed by atoms with van der Waals surface area (Å²) >= 11 is 0. The predicted octanol–water partition coefficient (Wildman–Crippen LogP) is 2.23. The number of nitrogens with zero attached hydrogens (tertiary/aromatic N) is 3. The van der Waals surface area contributed by atoms with Gasteiger partial charge >= 0.3 is 0 Å². The van der Waals surface area contributed by atoms with Crippen LogP contribution in [0.25, 0.3) is 0 Å². The molecule has 1 amide bonds. The number of aromatic nitrogens is 1. The van der Waals surface area contributed by atoms with E-state index in [0.29, 0.717) is 25.3 Å². The van der Waals surface area contributed by atoms with Crippen LogP contribution in [-0.2, 0) is 21.2 Å². The van der Waals surface area contributed by atoms with Crippen LogP contribution in [0.2, 0.25) is 0 Å². The number of sulfonamides is 1. The first-order valence-electron chi connectivity index (χ1n) is 9.35. The Morgan fingerprint density at radius 1 is 1.11 bits per heavy atom. The molecule has 2 rings (SSSR count). The topological polar surface area (TPSA) is 82.6 Å². The number of carbonyl (C=O) groups excluding carboxylic acids is 1. The van der Waals surface area contributed by atoms with Crippen LogP contribution < -0.4 is 5.32 Å². The van der Waals surface area contributed by atoms with Crippen molar-refractivity contribution in [1.82, 2.24) is 14.2 Å². The van der Waals surface area contributed by atoms with Gasteiger partial charge in [-0.05, 0) is 37.4 Å². The number of carbonyl (C=O) groups is 1. The SMILES string of the molecule is CCN(CC)S(=O)(=O)c1cccc(NC(=O)CN(C)CCc2ccccn2)c1. The summed E-state index contributed by atoms with van der Waals surface area (Å²) in [4.78, 5) is 18.7. The van der Waals surface area contributed by atoms with E-state index in [4.69, 9.17) is 0 Å². The Balaban J connectivity index is 1.95. The van der Waals surface area contributed by atoms with E-state index < -0.39 is 10.0 Å². The van der Waals surface area contributed by atoms with Crippen LogP contribution in [-0.4, -0.2) is 61.7 Å². The van der Waals surface area contributed by atoms with E-state index in [1.165, 1.54) is 10.4 Å². The minimum absolute atomic E-state index is 0.178. The van der Waals surface area contributed by atoms with Crippen molar-refractivity contribution in [3.63, 3.8) is 0 Å². The lowest BCUT2D eigenvalue weighted by molar-refractivity contribution is -0.117. The molecule has 0 aliphatic heterocycles. The van der Waals surface area contributed by atoms with Crippen LogP contribution >= 0.6 is 0 Å². The Morgan fingerprint density at radius 3 is 2.50 bits per heavy atom. The second-order valence-electron chi connectivity index (χ2n) is 6.47. The zero-order valence-corrected chi connectivity index (χ0v) is 17.4. The van der Waals surface area contributed by atoms with E-state index in [-0.39, 0.29) is 17.3 Å². The van der Waals surface area contributed by atoms with Crippen molar-refractivity contribution in [2.24, 2.45) is 0 Å². The third-order valence-electron chi connectivity index (χ3n) is 4.35. The zero-order valence-electron chi connectivity index (χ0n) is 16.6. The molecule has 1 aromatic heterocycles. The zero-order chi connectivity index (χ0) is 20.6. The highest BCUT2D eigenvalue weighted by atomic mass is 32.2. The molecule has 1 heterocycles. The number of benzene rings is 1. The number of rotatable bonds is 10. The van der Waals surface area contributed by atoms with Crippen molar-refractivity contribution in [3.8, 4) is 0 Å². The Hall–Kier alpha value is -2.29. The van der Waals surface area contributed by atoms with Crippen LogP contribution in [0.1, 0.15) is 19.5 Å². The number of likely N-dealkylation sites (N-methyl/N-ethyl adjacent to an activating group) is 1. The third-order valence-corrected chi connectivity index (χ3v) is 6.40. The summed E-state index contributed by atoms with van der Waals surface area (Å²) in [5.41, 5.74) is 1.44. The fourth-order valence-electron chi connectivity index (χ4n) is 2.82. The highest BCUT2D eigenvalue weighted by molar-refractivity contribution is 7.89. The van der Waals surface area contributed by atoms with Gasteiger partial charge in [0, 0.05) is 43.6 Å². The Kier molecular flexibility index (Phi) is 8.10. The molecule has 0 fully saturated rings. The number of nitrogens with one attached hydrogen (secondary N) is 1. The van der Waals surface area contributed by atoms with Crippen molar-refractivity contribution in [3.05, 3.63) is 54.4 Å². The van der Waals surface area contributed by atoms with Crippen LogP contribution in [0, 0.1) is 0 Å². The maximum atomic E-state index is 12.6. The molecule has 1 N–H and O–H groups in total. The smallest absolute Gasteiger partial charge is 0.243 e. The van der Waals surface area contributed by atoms with Crippen LogP contribution in [0.3, 0.4) is 0 Å². The molecule has 0 bridgehead atoms. The average molecular weight is 405 g/mol. The molecular weight excluding hydrogens is 376 g/mol. The van der Waals surface area contributed by atoms with Crippen LogP contribution in [0.15, 0.2) is 53.6 Å². The van der Waals surface area contributed by atoms with Gasteiger partial charge in [0.25, 0.3) is 0 Å². The van der Waals surface area contributed by atoms with E-state index >= 15 is 0 Å². The molecule has 0 radical (unpaired) electrons. The van der Waals surface area contributed by atoms with Gasteiger partial charge in [0.1, 0.15) is 0 Å². The minimum Gasteiger partial charge on any atom is -0.325 e. The molecule has 0 spiro atoms. The lowest BCUT2D eigenvalue weighted by Crippen LogP contribution is -2.32. The van der Waals surface area contributed by atoms with Gasteiger partial charge in [-0.25, -0.2) is 8.42 Å². The lowest BCUT2D eigenvalue weighted by atomic mass is 10.2. The fraction of sp³-hybridized carbons (Fsp3) is 0.400. The summed E-state index contributed by atoms with van der Waals surface area (Å²) in [6.07, 6.45) is 2.50. The van der Waals surface area contributed by atoms with Crippen molar-refractivity contribution in [1.29, 1.82) is 0 Å². The van der Waals surface area contributed by atoms with E-state index in [9.17, 15) is 13.2 Å². The Bertz CT molecular complexity index is 868. The third kappa shape index (κ3) is 6.12. The second-order valence-corrected chi connectivity index (χ2v) is 8.41. The molecule has 0 aliphatic rings. The first-order chi connectivity index (χ1) is 13.4. The first-order valence-corrected chi connectivity index (χ1v) is 10.8. The molecule has 0 atom stereocenters. The summed E-state index contributed by atoms with van der Waals surface area (Å²) in [6.45, 7) is 5.30. The molecule has 0 saturated heterocycles. The Labute approximate surface area is 167 Å². The van der Waals surface area contributed by atoms with Gasteiger partial charge in [-0.3, -0.25) is 14.7 Å². The molecule has 0 unspecified atom stereocenters. The summed E-state index contributed by atoms with van der Waals surface area (Å²) in [5.74, 6) is -0.194. The maximum absolute atomic E-state index is 12.6. The van der Waals surface area contributed by atoms with Crippen LogP contribution in [0.4, 0.5) is 5.69 Å². The minimum atomic E-state index is -3.56. The van der Waals surface area contributed by atoms with Gasteiger partial charge in [0.15, 0.2) is 0 Å². The van der Waals surface area contributed by atoms with Gasteiger partial charge in [0.2, 0.25) is 15.9 Å². The highest BCUT2D eigenvalue weighted by Crippen LogP contribution is 2.19. The van der Waals surface area contributed by atoms with Crippen LogP contribution in [0.5, 0.6) is 0 Å². The number of hydrogen-bond acceptors (Lipinski definition) is 5. The van der Waals surface area contributed by atoms with Gasteiger partial charge in [-0.1, -0.05) is 26.0 Å². The quantitative estimate of drug-likeness (QED) is 0.657. The van der Waals surface area contributed by atoms with Crippen molar-refractivity contribution in [2.75, 3.05) is 38.5 Å². The summed E-state index contributed by atoms with van der Waals surface area (Å²) in [6, 6.07) is 12.1. The first kappa shape index (κ1) is 22.0. The number of hydrogen-bond donors (Lipinski definition) is 1. The van der Waals surface area contributed by atoms with E-state index in [0.717, 1.165) is 12.1 Å². The molecule has 7 nitrogen and oxygen atoms in total. The monoisotopic (exact) mass is 404 g/mol. The van der Waals surface area contributed by atoms with Gasteiger partial charge in [0.05, 0.1) is 11.4 Å². The van der Waals surface area contributed by atoms with Gasteiger partial charge in [-0.2, -0.15) is 4.31 Å².